The second-order valence-corrected chi connectivity index (χ2v) is 8.38. The van der Waals surface area contributed by atoms with E-state index in [0.717, 1.165) is 12.1 Å². The van der Waals surface area contributed by atoms with Crippen LogP contribution in [0.15, 0.2) is 46.5 Å². The number of hydrogen-bond acceptors (Lipinski definition) is 4. The topological polar surface area (TPSA) is 78.8 Å². The van der Waals surface area contributed by atoms with Crippen molar-refractivity contribution in [3.05, 3.63) is 51.3 Å². The second-order valence-electron chi connectivity index (χ2n) is 5.46. The molecule has 1 aromatic carbocycles. The van der Waals surface area contributed by atoms with Crippen molar-refractivity contribution in [2.75, 3.05) is 17.6 Å². The van der Waals surface area contributed by atoms with Crippen LogP contribution in [0.4, 0.5) is 18.9 Å². The summed E-state index contributed by atoms with van der Waals surface area (Å²) >= 11 is 1.80. The van der Waals surface area contributed by atoms with Gasteiger partial charge >= 0.3 is 6.18 Å². The number of nitrogens with zero attached hydrogens (tertiary/aromatic N) is 2. The van der Waals surface area contributed by atoms with E-state index in [9.17, 15) is 26.4 Å². The normalized spacial score (nSPS) is 18.7. The molecule has 0 saturated carbocycles. The number of allylic oxidation sites excluding steroid dienone is 2. The number of hydrogen-bond donors (Lipinski definition) is 1. The molecule has 1 aromatic rings. The molecule has 0 unspecified atom stereocenters. The third-order valence-corrected chi connectivity index (χ3v) is 5.73. The molecule has 0 aliphatic carbocycles. The van der Waals surface area contributed by atoms with Crippen molar-refractivity contribution in [1.82, 2.24) is 4.90 Å². The van der Waals surface area contributed by atoms with Crippen LogP contribution in [-0.2, 0) is 21.0 Å². The van der Waals surface area contributed by atoms with Gasteiger partial charge in [0.05, 0.1) is 22.6 Å². The number of amides is 1. The molecule has 0 fully saturated rings. The molecule has 138 valence electrons. The highest BCUT2D eigenvalue weighted by molar-refractivity contribution is 14.1. The number of rotatable bonds is 2. The predicted molar refractivity (Wildman–Crippen MR) is 97.9 cm³/mol. The Bertz CT molecular complexity index is 968. The van der Waals surface area contributed by atoms with E-state index in [2.05, 4.69) is 9.71 Å². The molecule has 0 bridgehead atoms. The Balaban J connectivity index is 1.92. The molecule has 26 heavy (non-hydrogen) atoms. The zero-order valence-corrected chi connectivity index (χ0v) is 15.9. The molecule has 1 N–H and O–H groups in total. The van der Waals surface area contributed by atoms with Gasteiger partial charge in [-0.1, -0.05) is 0 Å². The number of carbonyl (C=O) groups is 1. The van der Waals surface area contributed by atoms with Gasteiger partial charge in [-0.05, 0) is 52.9 Å². The summed E-state index contributed by atoms with van der Waals surface area (Å²) in [6.45, 7) is 0.142. The number of fused-ring (bicyclic) bond motifs is 1. The lowest BCUT2D eigenvalue weighted by atomic mass is 10.1. The fraction of sp³-hybridized carbons (Fsp3) is 0.200. The van der Waals surface area contributed by atoms with E-state index in [1.54, 1.807) is 34.9 Å². The van der Waals surface area contributed by atoms with Crippen LogP contribution in [0.5, 0.6) is 0 Å². The Morgan fingerprint density at radius 2 is 2.04 bits per heavy atom. The van der Waals surface area contributed by atoms with E-state index in [1.165, 1.54) is 17.0 Å². The molecule has 0 radical (unpaired) electrons. The van der Waals surface area contributed by atoms with Gasteiger partial charge < -0.3 is 10.2 Å². The van der Waals surface area contributed by atoms with Crippen LogP contribution < -0.4 is 5.32 Å². The fourth-order valence-electron chi connectivity index (χ4n) is 2.38. The van der Waals surface area contributed by atoms with Gasteiger partial charge in [0.2, 0.25) is 0 Å². The highest BCUT2D eigenvalue weighted by atomic mass is 127. The van der Waals surface area contributed by atoms with Crippen LogP contribution in [-0.4, -0.2) is 37.4 Å². The predicted octanol–water partition coefficient (Wildman–Crippen LogP) is 2.75. The number of alkyl halides is 3. The molecular weight excluding hydrogens is 486 g/mol. The van der Waals surface area contributed by atoms with Crippen LogP contribution in [0.2, 0.25) is 0 Å². The Morgan fingerprint density at radius 1 is 1.31 bits per heavy atom. The van der Waals surface area contributed by atoms with Crippen molar-refractivity contribution >= 4 is 50.0 Å². The summed E-state index contributed by atoms with van der Waals surface area (Å²) in [6, 6.07) is 2.98. The maximum Gasteiger partial charge on any atom is 0.416 e. The van der Waals surface area contributed by atoms with Gasteiger partial charge in [0.25, 0.3) is 15.9 Å². The number of nitrogens with one attached hydrogen (secondary N) is 1. The summed E-state index contributed by atoms with van der Waals surface area (Å²) in [5, 5.41) is 2.40. The standard InChI is InChI=1S/C15H11F3IN3O3S/c16-15(17,18)9-3-4-11(19)12(8-9)20-14(23)10-2-1-5-22-6-7-26(24,25)21-13(10)22/h1-5,8H,6-7H2,(H,20,23). The van der Waals surface area contributed by atoms with Crippen LogP contribution >= 0.6 is 22.6 Å². The van der Waals surface area contributed by atoms with Crippen molar-refractivity contribution in [3.63, 3.8) is 0 Å². The maximum absolute atomic E-state index is 12.9. The fourth-order valence-corrected chi connectivity index (χ4v) is 3.84. The van der Waals surface area contributed by atoms with Crippen LogP contribution in [0.1, 0.15) is 5.56 Å². The highest BCUT2D eigenvalue weighted by Crippen LogP contribution is 2.33. The van der Waals surface area contributed by atoms with Crippen molar-refractivity contribution in [2.24, 2.45) is 4.40 Å². The Morgan fingerprint density at radius 3 is 2.73 bits per heavy atom. The van der Waals surface area contributed by atoms with E-state index in [0.29, 0.717) is 3.57 Å². The molecule has 11 heteroatoms. The van der Waals surface area contributed by atoms with E-state index in [1.807, 2.05) is 0 Å². The first-order valence-electron chi connectivity index (χ1n) is 7.23. The second kappa shape index (κ2) is 6.68. The first kappa shape index (κ1) is 18.9. The molecule has 1 amide bonds. The molecule has 0 saturated heterocycles. The minimum atomic E-state index is -4.55. The quantitative estimate of drug-likeness (QED) is 0.638. The Hall–Kier alpha value is -1.89. The van der Waals surface area contributed by atoms with Gasteiger partial charge in [0.15, 0.2) is 5.84 Å². The van der Waals surface area contributed by atoms with Gasteiger partial charge in [-0.3, -0.25) is 4.79 Å². The highest BCUT2D eigenvalue weighted by Gasteiger charge is 2.32. The van der Waals surface area contributed by atoms with Crippen LogP contribution in [0.3, 0.4) is 0 Å². The molecule has 3 rings (SSSR count). The first-order chi connectivity index (χ1) is 12.1. The summed E-state index contributed by atoms with van der Waals surface area (Å²) in [4.78, 5) is 14.1. The molecule has 2 aliphatic heterocycles. The van der Waals surface area contributed by atoms with E-state index >= 15 is 0 Å². The summed E-state index contributed by atoms with van der Waals surface area (Å²) < 4.78 is 66.1. The third kappa shape index (κ3) is 3.92. The monoisotopic (exact) mass is 497 g/mol. The largest absolute Gasteiger partial charge is 0.416 e. The third-order valence-electron chi connectivity index (χ3n) is 3.64. The van der Waals surface area contributed by atoms with Crippen molar-refractivity contribution < 1.29 is 26.4 Å². The lowest BCUT2D eigenvalue weighted by molar-refractivity contribution is -0.137. The zero-order chi connectivity index (χ0) is 19.1. The van der Waals surface area contributed by atoms with Crippen molar-refractivity contribution in [2.45, 2.75) is 6.18 Å². The zero-order valence-electron chi connectivity index (χ0n) is 12.9. The number of sulfonamides is 1. The van der Waals surface area contributed by atoms with E-state index in [-0.39, 0.29) is 29.4 Å². The SMILES string of the molecule is O=C(Nc1cc(C(F)(F)F)ccc1I)C1=CC=CN2CCS(=O)(=O)N=C12. The lowest BCUT2D eigenvalue weighted by Crippen LogP contribution is -2.40. The first-order valence-corrected chi connectivity index (χ1v) is 9.92. The Kier molecular flexibility index (Phi) is 4.86. The summed E-state index contributed by atoms with van der Waals surface area (Å²) in [5.41, 5.74) is -0.958. The lowest BCUT2D eigenvalue weighted by Gasteiger charge is -2.28. The average Bonchev–Trinajstić information content (AvgIpc) is 2.54. The van der Waals surface area contributed by atoms with Gasteiger partial charge in [-0.2, -0.15) is 13.2 Å². The number of benzene rings is 1. The van der Waals surface area contributed by atoms with Crippen LogP contribution in [0, 0.1) is 3.57 Å². The minimum Gasteiger partial charge on any atom is -0.331 e. The number of anilines is 1. The van der Waals surface area contributed by atoms with Crippen molar-refractivity contribution in [3.8, 4) is 0 Å². The number of halogens is 4. The smallest absolute Gasteiger partial charge is 0.331 e. The molecule has 0 aromatic heterocycles. The molecule has 2 aliphatic rings. The van der Waals surface area contributed by atoms with E-state index in [4.69, 9.17) is 0 Å². The van der Waals surface area contributed by atoms with Gasteiger partial charge in [0.1, 0.15) is 0 Å². The number of carbonyl (C=O) groups excluding carboxylic acids is 1. The minimum absolute atomic E-state index is 0.0216. The van der Waals surface area contributed by atoms with Crippen LogP contribution in [0.25, 0.3) is 0 Å². The molecule has 0 atom stereocenters. The van der Waals surface area contributed by atoms with Crippen molar-refractivity contribution in [1.29, 1.82) is 0 Å². The summed E-state index contributed by atoms with van der Waals surface area (Å²) in [7, 11) is -3.69. The Labute approximate surface area is 160 Å². The molecule has 6 nitrogen and oxygen atoms in total. The molecule has 2 heterocycles. The maximum atomic E-state index is 12.9. The number of amidine groups is 1. The molecule has 0 spiro atoms. The van der Waals surface area contributed by atoms with E-state index < -0.39 is 27.7 Å². The molecular formula is C15H11F3IN3O3S. The average molecular weight is 497 g/mol. The van der Waals surface area contributed by atoms with Gasteiger partial charge in [-0.25, -0.2) is 8.42 Å². The van der Waals surface area contributed by atoms with Gasteiger partial charge in [-0.15, -0.1) is 4.40 Å². The summed E-state index contributed by atoms with van der Waals surface area (Å²) in [6.07, 6.45) is -0.0533. The van der Waals surface area contributed by atoms with Gasteiger partial charge in [0, 0.05) is 16.3 Å². The summed E-state index contributed by atoms with van der Waals surface area (Å²) in [5.74, 6) is -0.966.